The Labute approximate surface area is 179 Å². The maximum Gasteiger partial charge on any atom is 0.341 e. The van der Waals surface area contributed by atoms with Gasteiger partial charge in [0.15, 0.2) is 23.9 Å². The van der Waals surface area contributed by atoms with E-state index in [1.54, 1.807) is 12.1 Å². The van der Waals surface area contributed by atoms with Gasteiger partial charge in [-0.2, -0.15) is 0 Å². The van der Waals surface area contributed by atoms with E-state index in [1.807, 2.05) is 6.92 Å². The number of Topliss-reactive ketones (excluding diaryl/α,β-unsaturated/α-hetero) is 1. The molecule has 2 N–H and O–H groups in total. The first kappa shape index (κ1) is 22.0. The summed E-state index contributed by atoms with van der Waals surface area (Å²) in [5.41, 5.74) is 1.94. The van der Waals surface area contributed by atoms with Crippen molar-refractivity contribution in [3.05, 3.63) is 53.1 Å². The lowest BCUT2D eigenvalue weighted by atomic mass is 9.97. The Balaban J connectivity index is 1.92. The number of carbonyl (C=O) groups is 2. The topological polar surface area (TPSA) is 112 Å². The van der Waals surface area contributed by atoms with Gasteiger partial charge in [-0.25, -0.2) is 4.79 Å². The zero-order chi connectivity index (χ0) is 22.7. The van der Waals surface area contributed by atoms with Gasteiger partial charge in [-0.05, 0) is 30.7 Å². The molecule has 8 heteroatoms. The molecule has 0 unspecified atom stereocenters. The highest BCUT2D eigenvalue weighted by atomic mass is 16.5. The van der Waals surface area contributed by atoms with Crippen molar-refractivity contribution in [1.29, 1.82) is 0 Å². The van der Waals surface area contributed by atoms with Gasteiger partial charge in [0.25, 0.3) is 0 Å². The molecule has 8 nitrogen and oxygen atoms in total. The van der Waals surface area contributed by atoms with Gasteiger partial charge in [0.1, 0.15) is 23.4 Å². The van der Waals surface area contributed by atoms with Crippen LogP contribution in [-0.2, 0) is 17.6 Å². The van der Waals surface area contributed by atoms with Crippen molar-refractivity contribution < 1.29 is 38.7 Å². The third-order valence-electron chi connectivity index (χ3n) is 5.02. The molecule has 0 fully saturated rings. The number of phenols is 1. The molecule has 0 amide bonds. The SMILES string of the molecule is C=C(C)[C@H]1Cc2c(ccc(C(=O)Cc3cc(OC)c(OC)cc3OCC(=O)O)c2O)O1. The van der Waals surface area contributed by atoms with Crippen molar-refractivity contribution >= 4 is 11.8 Å². The number of hydrogen-bond donors (Lipinski definition) is 2. The van der Waals surface area contributed by atoms with Crippen molar-refractivity contribution in [2.45, 2.75) is 25.9 Å². The Morgan fingerprint density at radius 1 is 1.16 bits per heavy atom. The van der Waals surface area contributed by atoms with Crippen LogP contribution in [0.2, 0.25) is 0 Å². The Morgan fingerprint density at radius 2 is 1.84 bits per heavy atom. The van der Waals surface area contributed by atoms with Gasteiger partial charge >= 0.3 is 5.97 Å². The fraction of sp³-hybridized carbons (Fsp3) is 0.304. The average molecular weight is 428 g/mol. The van der Waals surface area contributed by atoms with Gasteiger partial charge in [-0.15, -0.1) is 0 Å². The summed E-state index contributed by atoms with van der Waals surface area (Å²) in [6.45, 7) is 5.14. The number of rotatable bonds is 9. The fourth-order valence-corrected chi connectivity index (χ4v) is 3.39. The first-order valence-corrected chi connectivity index (χ1v) is 9.54. The first-order valence-electron chi connectivity index (χ1n) is 9.54. The summed E-state index contributed by atoms with van der Waals surface area (Å²) in [5.74, 6) is -0.244. The summed E-state index contributed by atoms with van der Waals surface area (Å²) in [7, 11) is 2.89. The monoisotopic (exact) mass is 428 g/mol. The van der Waals surface area contributed by atoms with E-state index in [1.165, 1.54) is 26.4 Å². The molecule has 1 atom stereocenters. The second-order valence-electron chi connectivity index (χ2n) is 7.19. The van der Waals surface area contributed by atoms with Crippen LogP contribution in [-0.4, -0.2) is 48.9 Å². The van der Waals surface area contributed by atoms with Crippen LogP contribution >= 0.6 is 0 Å². The molecule has 0 aromatic heterocycles. The molecule has 1 heterocycles. The maximum absolute atomic E-state index is 13.0. The molecule has 1 aliphatic rings. The van der Waals surface area contributed by atoms with Crippen LogP contribution in [0.25, 0.3) is 0 Å². The van der Waals surface area contributed by atoms with Gasteiger partial charge in [-0.1, -0.05) is 6.58 Å². The van der Waals surface area contributed by atoms with Gasteiger partial charge in [-0.3, -0.25) is 4.79 Å². The zero-order valence-corrected chi connectivity index (χ0v) is 17.6. The summed E-state index contributed by atoms with van der Waals surface area (Å²) in [5, 5.41) is 19.6. The molecular formula is C23H24O8. The van der Waals surface area contributed by atoms with E-state index in [9.17, 15) is 14.7 Å². The summed E-state index contributed by atoms with van der Waals surface area (Å²) >= 11 is 0. The predicted molar refractivity (Wildman–Crippen MR) is 112 cm³/mol. The van der Waals surface area contributed by atoms with E-state index >= 15 is 0 Å². The van der Waals surface area contributed by atoms with Gasteiger partial charge < -0.3 is 29.2 Å². The Morgan fingerprint density at radius 3 is 2.45 bits per heavy atom. The van der Waals surface area contributed by atoms with E-state index < -0.39 is 12.6 Å². The molecule has 1 aliphatic heterocycles. The number of carboxylic acids is 1. The normalized spacial score (nSPS) is 14.4. The number of hydrogen-bond acceptors (Lipinski definition) is 7. The highest BCUT2D eigenvalue weighted by Crippen LogP contribution is 2.40. The van der Waals surface area contributed by atoms with Crippen LogP contribution in [0.4, 0.5) is 0 Å². The number of aliphatic carboxylic acids is 1. The number of carboxylic acid groups (broad SMARTS) is 1. The van der Waals surface area contributed by atoms with Crippen LogP contribution in [0.5, 0.6) is 28.7 Å². The number of benzene rings is 2. The minimum absolute atomic E-state index is 0.125. The number of ether oxygens (including phenoxy) is 4. The van der Waals surface area contributed by atoms with E-state index in [0.29, 0.717) is 34.8 Å². The number of methoxy groups -OCH3 is 2. The van der Waals surface area contributed by atoms with Crippen molar-refractivity contribution in [2.75, 3.05) is 20.8 Å². The molecule has 2 aromatic carbocycles. The first-order chi connectivity index (χ1) is 14.7. The van der Waals surface area contributed by atoms with Gasteiger partial charge in [0.05, 0.1) is 19.8 Å². The van der Waals surface area contributed by atoms with Crippen LogP contribution < -0.4 is 18.9 Å². The fourth-order valence-electron chi connectivity index (χ4n) is 3.39. The number of phenolic OH excluding ortho intramolecular Hbond substituents is 1. The number of carbonyl (C=O) groups excluding carboxylic acids is 1. The summed E-state index contributed by atoms with van der Waals surface area (Å²) in [6.07, 6.45) is 0.0426. The van der Waals surface area contributed by atoms with E-state index in [-0.39, 0.29) is 35.4 Å². The third-order valence-corrected chi connectivity index (χ3v) is 5.02. The van der Waals surface area contributed by atoms with E-state index in [0.717, 1.165) is 5.57 Å². The molecule has 0 bridgehead atoms. The molecule has 0 spiro atoms. The second-order valence-corrected chi connectivity index (χ2v) is 7.19. The lowest BCUT2D eigenvalue weighted by molar-refractivity contribution is -0.139. The van der Waals surface area contributed by atoms with Crippen LogP contribution in [0.15, 0.2) is 36.4 Å². The number of aromatic hydroxyl groups is 1. The van der Waals surface area contributed by atoms with E-state index in [2.05, 4.69) is 6.58 Å². The predicted octanol–water partition coefficient (Wildman–Crippen LogP) is 3.18. The van der Waals surface area contributed by atoms with Crippen molar-refractivity contribution in [2.24, 2.45) is 0 Å². The van der Waals surface area contributed by atoms with Gasteiger partial charge in [0, 0.05) is 30.0 Å². The maximum atomic E-state index is 13.0. The smallest absolute Gasteiger partial charge is 0.341 e. The summed E-state index contributed by atoms with van der Waals surface area (Å²) in [4.78, 5) is 24.0. The van der Waals surface area contributed by atoms with E-state index in [4.69, 9.17) is 24.1 Å². The standard InChI is InChI=1S/C23H24O8/c1-12(2)18-9-15-17(31-18)6-5-14(23(15)27)16(24)7-13-8-20(28-3)21(29-4)10-19(13)30-11-22(25)26/h5-6,8,10,18,27H,1,7,9,11H2,2-4H3,(H,25,26)/t18-/m1/s1. The molecule has 31 heavy (non-hydrogen) atoms. The van der Waals surface area contributed by atoms with Crippen LogP contribution in [0.1, 0.15) is 28.4 Å². The molecule has 2 aromatic rings. The Kier molecular flexibility index (Phi) is 6.39. The number of fused-ring (bicyclic) bond motifs is 1. The molecule has 0 radical (unpaired) electrons. The third kappa shape index (κ3) is 4.58. The van der Waals surface area contributed by atoms with Gasteiger partial charge in [0.2, 0.25) is 0 Å². The number of ketones is 1. The van der Waals surface area contributed by atoms with Crippen molar-refractivity contribution in [1.82, 2.24) is 0 Å². The highest BCUT2D eigenvalue weighted by molar-refractivity contribution is 6.01. The molecule has 3 rings (SSSR count). The largest absolute Gasteiger partial charge is 0.507 e. The molecule has 164 valence electrons. The quantitative estimate of drug-likeness (QED) is 0.463. The Hall–Kier alpha value is -3.68. The lowest BCUT2D eigenvalue weighted by Crippen LogP contribution is -2.13. The van der Waals surface area contributed by atoms with Crippen molar-refractivity contribution in [3.63, 3.8) is 0 Å². The minimum Gasteiger partial charge on any atom is -0.507 e. The zero-order valence-electron chi connectivity index (χ0n) is 17.6. The molecule has 0 aliphatic carbocycles. The second kappa shape index (κ2) is 8.99. The van der Waals surface area contributed by atoms with Crippen LogP contribution in [0, 0.1) is 0 Å². The average Bonchev–Trinajstić information content (AvgIpc) is 3.18. The molecule has 0 saturated heterocycles. The van der Waals surface area contributed by atoms with Crippen LogP contribution in [0.3, 0.4) is 0 Å². The molecular weight excluding hydrogens is 404 g/mol. The lowest BCUT2D eigenvalue weighted by Gasteiger charge is -2.15. The van der Waals surface area contributed by atoms with Crippen molar-refractivity contribution in [3.8, 4) is 28.7 Å². The Bertz CT molecular complexity index is 1040. The highest BCUT2D eigenvalue weighted by Gasteiger charge is 2.29. The minimum atomic E-state index is -1.16. The summed E-state index contributed by atoms with van der Waals surface area (Å²) < 4.78 is 21.6. The molecule has 0 saturated carbocycles. The summed E-state index contributed by atoms with van der Waals surface area (Å²) in [6, 6.07) is 6.19.